The minimum atomic E-state index is -0.521. The van der Waals surface area contributed by atoms with Crippen molar-refractivity contribution in [3.8, 4) is 0 Å². The van der Waals surface area contributed by atoms with Gasteiger partial charge in [-0.2, -0.15) is 0 Å². The van der Waals surface area contributed by atoms with E-state index in [2.05, 4.69) is 0 Å². The summed E-state index contributed by atoms with van der Waals surface area (Å²) in [6.07, 6.45) is 6.06. The number of carbonyl (C=O) groups is 2. The number of halogens is 1. The first-order valence-electron chi connectivity index (χ1n) is 11.8. The number of hydrogen-bond acceptors (Lipinski definition) is 5. The van der Waals surface area contributed by atoms with E-state index in [0.717, 1.165) is 32.1 Å². The van der Waals surface area contributed by atoms with Crippen LogP contribution in [0.4, 0.5) is 4.39 Å². The van der Waals surface area contributed by atoms with Gasteiger partial charge in [-0.05, 0) is 62.1 Å². The molecule has 2 aromatic carbocycles. The van der Waals surface area contributed by atoms with E-state index in [1.807, 2.05) is 18.2 Å². The van der Waals surface area contributed by atoms with E-state index < -0.39 is 17.0 Å². The highest BCUT2D eigenvalue weighted by Gasteiger charge is 2.34. The first-order valence-corrected chi connectivity index (χ1v) is 12.7. The van der Waals surface area contributed by atoms with Crippen LogP contribution in [0.25, 0.3) is 10.9 Å². The second-order valence-corrected chi connectivity index (χ2v) is 10.1. The van der Waals surface area contributed by atoms with Crippen LogP contribution >= 0.6 is 11.8 Å². The molecule has 1 saturated carbocycles. The van der Waals surface area contributed by atoms with Crippen molar-refractivity contribution in [2.45, 2.75) is 61.4 Å². The van der Waals surface area contributed by atoms with Gasteiger partial charge in [0.25, 0.3) is 11.5 Å². The second kappa shape index (κ2) is 9.70. The molecule has 1 aliphatic carbocycles. The third-order valence-electron chi connectivity index (χ3n) is 6.69. The molecule has 2 fully saturated rings. The van der Waals surface area contributed by atoms with E-state index in [1.54, 1.807) is 10.6 Å². The number of thioether (sulfide) groups is 1. The van der Waals surface area contributed by atoms with Crippen molar-refractivity contribution < 1.29 is 14.0 Å². The number of hydrogen-bond donors (Lipinski definition) is 0. The summed E-state index contributed by atoms with van der Waals surface area (Å²) in [5, 5.41) is 0.608. The molecule has 0 N–H and O–H groups in total. The molecule has 2 aliphatic rings. The van der Waals surface area contributed by atoms with Gasteiger partial charge < -0.3 is 0 Å². The lowest BCUT2D eigenvalue weighted by atomic mass is 10.2. The Bertz CT molecular complexity index is 1280. The van der Waals surface area contributed by atoms with E-state index in [-0.39, 0.29) is 23.1 Å². The summed E-state index contributed by atoms with van der Waals surface area (Å²) in [5.41, 5.74) is 0.831. The molecule has 1 atom stereocenters. The number of aromatic nitrogens is 2. The molecule has 0 unspecified atom stereocenters. The average Bonchev–Trinajstić information content (AvgIpc) is 3.31. The summed E-state index contributed by atoms with van der Waals surface area (Å²) in [5.74, 6) is -1.13. The Labute approximate surface area is 201 Å². The molecule has 2 amide bonds. The van der Waals surface area contributed by atoms with Gasteiger partial charge in [0.05, 0.1) is 16.2 Å². The lowest BCUT2D eigenvalue weighted by molar-refractivity contribution is -0.127. The summed E-state index contributed by atoms with van der Waals surface area (Å²) >= 11 is 1.30. The number of likely N-dealkylation sites (tertiary alicyclic amines) is 1. The first-order chi connectivity index (χ1) is 16.5. The quantitative estimate of drug-likeness (QED) is 0.391. The third kappa shape index (κ3) is 4.39. The number of benzene rings is 2. The van der Waals surface area contributed by atoms with Crippen molar-refractivity contribution in [3.63, 3.8) is 0 Å². The minimum Gasteiger partial charge on any atom is -0.284 e. The number of rotatable bonds is 4. The first kappa shape index (κ1) is 22.8. The predicted molar refractivity (Wildman–Crippen MR) is 129 cm³/mol. The molecule has 176 valence electrons. The highest BCUT2D eigenvalue weighted by atomic mass is 32.2. The number of amides is 2. The Balaban J connectivity index is 1.49. The van der Waals surface area contributed by atoms with Crippen molar-refractivity contribution in [3.05, 3.63) is 70.3 Å². The highest BCUT2D eigenvalue weighted by molar-refractivity contribution is 8.00. The Hall–Kier alpha value is -3.00. The van der Waals surface area contributed by atoms with Crippen LogP contribution < -0.4 is 5.56 Å². The molecule has 5 rings (SSSR count). The fourth-order valence-electron chi connectivity index (χ4n) is 4.89. The van der Waals surface area contributed by atoms with Crippen molar-refractivity contribution in [2.75, 3.05) is 6.54 Å². The number of carbonyl (C=O) groups excluding carboxylic acids is 2. The molecule has 1 aliphatic heterocycles. The molecule has 3 aromatic rings. The Morgan fingerprint density at radius 1 is 0.941 bits per heavy atom. The van der Waals surface area contributed by atoms with Gasteiger partial charge in [-0.1, -0.05) is 43.2 Å². The van der Waals surface area contributed by atoms with Crippen LogP contribution in [0.5, 0.6) is 0 Å². The summed E-state index contributed by atoms with van der Waals surface area (Å²) < 4.78 is 15.1. The molecule has 0 radical (unpaired) electrons. The van der Waals surface area contributed by atoms with Crippen LogP contribution in [-0.4, -0.2) is 38.1 Å². The van der Waals surface area contributed by atoms with Gasteiger partial charge in [0.1, 0.15) is 5.82 Å². The molecule has 2 heterocycles. The zero-order valence-electron chi connectivity index (χ0n) is 18.8. The number of fused-ring (bicyclic) bond motifs is 1. The molecular weight excluding hydrogens is 453 g/mol. The maximum Gasteiger partial charge on any atom is 0.262 e. The van der Waals surface area contributed by atoms with E-state index in [0.29, 0.717) is 35.4 Å². The van der Waals surface area contributed by atoms with Crippen LogP contribution in [0.15, 0.2) is 58.5 Å². The van der Waals surface area contributed by atoms with Gasteiger partial charge in [-0.15, -0.1) is 0 Å². The van der Waals surface area contributed by atoms with Crippen LogP contribution in [-0.2, 0) is 4.79 Å². The van der Waals surface area contributed by atoms with Gasteiger partial charge in [-0.3, -0.25) is 23.9 Å². The summed E-state index contributed by atoms with van der Waals surface area (Å²) in [7, 11) is 0. The monoisotopic (exact) mass is 479 g/mol. The van der Waals surface area contributed by atoms with Crippen LogP contribution in [0, 0.1) is 5.82 Å². The number of nitrogens with zero attached hydrogens (tertiary/aromatic N) is 3. The predicted octanol–water partition coefficient (Wildman–Crippen LogP) is 4.96. The van der Waals surface area contributed by atoms with E-state index in [1.165, 1.54) is 40.9 Å². The molecular formula is C26H26FN3O3S. The molecule has 34 heavy (non-hydrogen) atoms. The van der Waals surface area contributed by atoms with E-state index in [4.69, 9.17) is 4.98 Å². The smallest absolute Gasteiger partial charge is 0.262 e. The molecule has 0 spiro atoms. The SMILES string of the molecule is O=C(c1ccc(F)cc1)N1CCCC[C@@H](Sc2nc3ccccc3c(=O)n2C2CCCC2)C1=O. The standard InChI is InChI=1S/C26H26FN3O3S/c27-18-14-12-17(13-15-18)23(31)29-16-6-5-11-22(25(29)33)34-26-28-21-10-4-3-9-20(21)24(32)30(26)19-7-1-2-8-19/h3-4,9-10,12-15,19,22H,1-2,5-8,11,16H2/t22-/m1/s1. The Kier molecular flexibility index (Phi) is 6.50. The van der Waals surface area contributed by atoms with Crippen LogP contribution in [0.3, 0.4) is 0 Å². The Morgan fingerprint density at radius 2 is 1.65 bits per heavy atom. The maximum atomic E-state index is 13.5. The minimum absolute atomic E-state index is 0.0692. The fraction of sp³-hybridized carbons (Fsp3) is 0.385. The molecule has 0 bridgehead atoms. The topological polar surface area (TPSA) is 72.3 Å². The molecule has 1 aromatic heterocycles. The normalized spacial score (nSPS) is 19.5. The van der Waals surface area contributed by atoms with Crippen molar-refractivity contribution in [1.29, 1.82) is 0 Å². The molecule has 1 saturated heterocycles. The van der Waals surface area contributed by atoms with E-state index in [9.17, 15) is 18.8 Å². The zero-order chi connectivity index (χ0) is 23.7. The van der Waals surface area contributed by atoms with E-state index >= 15 is 0 Å². The van der Waals surface area contributed by atoms with Gasteiger partial charge in [0.2, 0.25) is 5.91 Å². The second-order valence-electron chi connectivity index (χ2n) is 8.93. The summed E-state index contributed by atoms with van der Waals surface area (Å²) in [4.78, 5) is 46.1. The van der Waals surface area contributed by atoms with Gasteiger partial charge in [0.15, 0.2) is 5.16 Å². The Morgan fingerprint density at radius 3 is 2.41 bits per heavy atom. The number of para-hydroxylation sites is 1. The van der Waals surface area contributed by atoms with Gasteiger partial charge >= 0.3 is 0 Å². The van der Waals surface area contributed by atoms with Crippen molar-refractivity contribution in [1.82, 2.24) is 14.5 Å². The van der Waals surface area contributed by atoms with Crippen molar-refractivity contribution in [2.24, 2.45) is 0 Å². The van der Waals surface area contributed by atoms with Gasteiger partial charge in [-0.25, -0.2) is 9.37 Å². The average molecular weight is 480 g/mol. The fourth-order valence-corrected chi connectivity index (χ4v) is 6.15. The molecule has 8 heteroatoms. The summed E-state index contributed by atoms with van der Waals surface area (Å²) in [6, 6.07) is 12.6. The lowest BCUT2D eigenvalue weighted by Crippen LogP contribution is -2.41. The van der Waals surface area contributed by atoms with Crippen LogP contribution in [0.2, 0.25) is 0 Å². The lowest BCUT2D eigenvalue weighted by Gasteiger charge is -2.24. The highest BCUT2D eigenvalue weighted by Crippen LogP contribution is 2.35. The third-order valence-corrected chi connectivity index (χ3v) is 7.91. The number of imide groups is 1. The van der Waals surface area contributed by atoms with Gasteiger partial charge in [0, 0.05) is 18.2 Å². The largest absolute Gasteiger partial charge is 0.284 e. The van der Waals surface area contributed by atoms with Crippen molar-refractivity contribution >= 4 is 34.5 Å². The maximum absolute atomic E-state index is 13.5. The zero-order valence-corrected chi connectivity index (χ0v) is 19.6. The van der Waals surface area contributed by atoms with Crippen LogP contribution in [0.1, 0.15) is 61.3 Å². The molecule has 6 nitrogen and oxygen atoms in total. The summed E-state index contributed by atoms with van der Waals surface area (Å²) in [6.45, 7) is 0.326.